The molecule has 0 radical (unpaired) electrons. The molecule has 0 unspecified atom stereocenters. The molecule has 1 amide bonds. The average molecular weight is 399 g/mol. The summed E-state index contributed by atoms with van der Waals surface area (Å²) in [7, 11) is 0. The predicted molar refractivity (Wildman–Crippen MR) is 111 cm³/mol. The highest BCUT2D eigenvalue weighted by Crippen LogP contribution is 2.23. The molecule has 138 valence electrons. The standard InChI is InChI=1S/C21H19ClN2O2S/c1-14-6-8-20(19(22)10-14)24-21(25)9-7-16-4-3-5-18(11-16)26-12-17-13-27-15(2)23-17/h3-11,13H,12H2,1-2H3,(H,24,25)/b9-7+. The largest absolute Gasteiger partial charge is 0.487 e. The summed E-state index contributed by atoms with van der Waals surface area (Å²) in [6.45, 7) is 4.33. The number of nitrogens with zero attached hydrogens (tertiary/aromatic N) is 1. The summed E-state index contributed by atoms with van der Waals surface area (Å²) in [5.74, 6) is 0.481. The van der Waals surface area contributed by atoms with Gasteiger partial charge in [0.1, 0.15) is 12.4 Å². The summed E-state index contributed by atoms with van der Waals surface area (Å²) in [5.41, 5.74) is 3.41. The SMILES string of the molecule is Cc1ccc(NC(=O)/C=C/c2cccc(OCc3csc(C)n3)c2)c(Cl)c1. The van der Waals surface area contributed by atoms with Crippen LogP contribution in [0, 0.1) is 13.8 Å². The van der Waals surface area contributed by atoms with Crippen molar-refractivity contribution in [3.05, 3.63) is 80.8 Å². The fourth-order valence-electron chi connectivity index (χ4n) is 2.41. The molecule has 0 spiro atoms. The van der Waals surface area contributed by atoms with Gasteiger partial charge in [-0.15, -0.1) is 11.3 Å². The molecular formula is C21H19ClN2O2S. The number of nitrogens with one attached hydrogen (secondary N) is 1. The molecule has 0 fully saturated rings. The molecule has 0 saturated heterocycles. The zero-order chi connectivity index (χ0) is 19.2. The maximum absolute atomic E-state index is 12.1. The van der Waals surface area contributed by atoms with Crippen LogP contribution < -0.4 is 10.1 Å². The third-order valence-electron chi connectivity index (χ3n) is 3.72. The van der Waals surface area contributed by atoms with Gasteiger partial charge in [-0.25, -0.2) is 4.98 Å². The third kappa shape index (κ3) is 5.67. The van der Waals surface area contributed by atoms with Gasteiger partial charge in [-0.3, -0.25) is 4.79 Å². The van der Waals surface area contributed by atoms with Gasteiger partial charge in [0.2, 0.25) is 5.91 Å². The maximum Gasteiger partial charge on any atom is 0.248 e. The number of aryl methyl sites for hydroxylation is 2. The highest BCUT2D eigenvalue weighted by atomic mass is 35.5. The van der Waals surface area contributed by atoms with Gasteiger partial charge in [0.05, 0.1) is 21.4 Å². The molecule has 3 aromatic rings. The van der Waals surface area contributed by atoms with Gasteiger partial charge in [0.15, 0.2) is 0 Å². The van der Waals surface area contributed by atoms with Gasteiger partial charge in [-0.1, -0.05) is 29.8 Å². The van der Waals surface area contributed by atoms with E-state index in [9.17, 15) is 4.79 Å². The zero-order valence-electron chi connectivity index (χ0n) is 15.0. The Kier molecular flexibility index (Phi) is 6.27. The summed E-state index contributed by atoms with van der Waals surface area (Å²) in [6, 6.07) is 13.0. The number of halogens is 1. The Bertz CT molecular complexity index is 982. The number of thiazole rings is 1. The Hall–Kier alpha value is -2.63. The van der Waals surface area contributed by atoms with Gasteiger partial charge < -0.3 is 10.1 Å². The van der Waals surface area contributed by atoms with Crippen molar-refractivity contribution in [1.82, 2.24) is 4.98 Å². The lowest BCUT2D eigenvalue weighted by molar-refractivity contribution is -0.111. The summed E-state index contributed by atoms with van der Waals surface area (Å²) in [5, 5.41) is 6.30. The summed E-state index contributed by atoms with van der Waals surface area (Å²) < 4.78 is 5.77. The highest BCUT2D eigenvalue weighted by molar-refractivity contribution is 7.09. The minimum Gasteiger partial charge on any atom is -0.487 e. The van der Waals surface area contributed by atoms with E-state index in [2.05, 4.69) is 10.3 Å². The fourth-order valence-corrected chi connectivity index (χ4v) is 3.29. The van der Waals surface area contributed by atoms with E-state index in [1.54, 1.807) is 23.5 Å². The van der Waals surface area contributed by atoms with Crippen molar-refractivity contribution in [3.63, 3.8) is 0 Å². The first-order valence-electron chi connectivity index (χ1n) is 8.39. The Morgan fingerprint density at radius 1 is 1.26 bits per heavy atom. The van der Waals surface area contributed by atoms with Crippen LogP contribution in [0.2, 0.25) is 5.02 Å². The lowest BCUT2D eigenvalue weighted by atomic mass is 10.2. The Morgan fingerprint density at radius 2 is 2.11 bits per heavy atom. The second-order valence-corrected chi connectivity index (χ2v) is 7.49. The van der Waals surface area contributed by atoms with Crippen LogP contribution in [0.1, 0.15) is 21.8 Å². The number of benzene rings is 2. The van der Waals surface area contributed by atoms with Crippen molar-refractivity contribution in [2.24, 2.45) is 0 Å². The Morgan fingerprint density at radius 3 is 2.85 bits per heavy atom. The van der Waals surface area contributed by atoms with E-state index in [-0.39, 0.29) is 5.91 Å². The molecule has 0 aliphatic carbocycles. The molecule has 1 aromatic heterocycles. The first-order valence-corrected chi connectivity index (χ1v) is 9.64. The molecule has 6 heteroatoms. The van der Waals surface area contributed by atoms with E-state index in [1.165, 1.54) is 6.08 Å². The number of rotatable bonds is 6. The third-order valence-corrected chi connectivity index (χ3v) is 4.86. The molecular weight excluding hydrogens is 380 g/mol. The average Bonchev–Trinajstić information content (AvgIpc) is 3.06. The zero-order valence-corrected chi connectivity index (χ0v) is 16.6. The molecule has 0 atom stereocenters. The van der Waals surface area contributed by atoms with Gasteiger partial charge >= 0.3 is 0 Å². The number of hydrogen-bond acceptors (Lipinski definition) is 4. The van der Waals surface area contributed by atoms with Crippen molar-refractivity contribution in [2.45, 2.75) is 20.5 Å². The van der Waals surface area contributed by atoms with E-state index in [0.717, 1.165) is 27.6 Å². The summed E-state index contributed by atoms with van der Waals surface area (Å²) in [6.07, 6.45) is 3.20. The van der Waals surface area contributed by atoms with Crippen LogP contribution >= 0.6 is 22.9 Å². The first kappa shape index (κ1) is 19.1. The highest BCUT2D eigenvalue weighted by Gasteiger charge is 2.04. The number of amides is 1. The van der Waals surface area contributed by atoms with Crippen molar-refractivity contribution < 1.29 is 9.53 Å². The van der Waals surface area contributed by atoms with Gasteiger partial charge in [-0.2, -0.15) is 0 Å². The van der Waals surface area contributed by atoms with E-state index >= 15 is 0 Å². The first-order chi connectivity index (χ1) is 13.0. The number of ether oxygens (including phenoxy) is 1. The molecule has 0 aliphatic heterocycles. The smallest absolute Gasteiger partial charge is 0.248 e. The minimum absolute atomic E-state index is 0.245. The molecule has 3 rings (SSSR count). The number of aromatic nitrogens is 1. The lowest BCUT2D eigenvalue weighted by Crippen LogP contribution is -2.08. The van der Waals surface area contributed by atoms with Gasteiger partial charge in [0.25, 0.3) is 0 Å². The van der Waals surface area contributed by atoms with Crippen LogP contribution in [0.5, 0.6) is 5.75 Å². The van der Waals surface area contributed by atoms with E-state index in [1.807, 2.05) is 55.6 Å². The number of carbonyl (C=O) groups is 1. The van der Waals surface area contributed by atoms with Crippen molar-refractivity contribution in [1.29, 1.82) is 0 Å². The molecule has 27 heavy (non-hydrogen) atoms. The second-order valence-electron chi connectivity index (χ2n) is 6.02. The molecule has 1 heterocycles. The molecule has 0 bridgehead atoms. The number of carbonyl (C=O) groups excluding carboxylic acids is 1. The van der Waals surface area contributed by atoms with E-state index in [4.69, 9.17) is 16.3 Å². The van der Waals surface area contributed by atoms with Crippen LogP contribution in [-0.4, -0.2) is 10.9 Å². The van der Waals surface area contributed by atoms with Crippen LogP contribution in [0.15, 0.2) is 53.9 Å². The van der Waals surface area contributed by atoms with Crippen LogP contribution in [0.4, 0.5) is 5.69 Å². The predicted octanol–water partition coefficient (Wildman–Crippen LogP) is 5.64. The second kappa shape index (κ2) is 8.84. The monoisotopic (exact) mass is 398 g/mol. The molecule has 1 N–H and O–H groups in total. The Labute approximate surface area is 167 Å². The lowest BCUT2D eigenvalue weighted by Gasteiger charge is -2.06. The molecule has 0 aliphatic rings. The molecule has 4 nitrogen and oxygen atoms in total. The topological polar surface area (TPSA) is 51.2 Å². The number of anilines is 1. The summed E-state index contributed by atoms with van der Waals surface area (Å²) >= 11 is 7.74. The van der Waals surface area contributed by atoms with Gasteiger partial charge in [-0.05, 0) is 55.3 Å². The summed E-state index contributed by atoms with van der Waals surface area (Å²) in [4.78, 5) is 16.5. The molecule has 2 aromatic carbocycles. The van der Waals surface area contributed by atoms with E-state index < -0.39 is 0 Å². The van der Waals surface area contributed by atoms with Crippen molar-refractivity contribution >= 4 is 40.6 Å². The quantitative estimate of drug-likeness (QED) is 0.546. The van der Waals surface area contributed by atoms with Crippen LogP contribution in [0.25, 0.3) is 6.08 Å². The van der Waals surface area contributed by atoms with Crippen molar-refractivity contribution in [3.8, 4) is 5.75 Å². The van der Waals surface area contributed by atoms with E-state index in [0.29, 0.717) is 17.3 Å². The van der Waals surface area contributed by atoms with Crippen LogP contribution in [-0.2, 0) is 11.4 Å². The van der Waals surface area contributed by atoms with Gasteiger partial charge in [0, 0.05) is 11.5 Å². The van der Waals surface area contributed by atoms with Crippen molar-refractivity contribution in [2.75, 3.05) is 5.32 Å². The Balaban J connectivity index is 1.60. The normalized spacial score (nSPS) is 10.9. The fraction of sp³-hybridized carbons (Fsp3) is 0.143. The van der Waals surface area contributed by atoms with Crippen LogP contribution in [0.3, 0.4) is 0 Å². The minimum atomic E-state index is -0.245. The molecule has 0 saturated carbocycles. The maximum atomic E-state index is 12.1. The number of hydrogen-bond donors (Lipinski definition) is 1.